The molecule has 1 saturated carbocycles. The van der Waals surface area contributed by atoms with Crippen LogP contribution in [0.1, 0.15) is 39.0 Å². The summed E-state index contributed by atoms with van der Waals surface area (Å²) >= 11 is 0. The highest BCUT2D eigenvalue weighted by Gasteiger charge is 2.21. The van der Waals surface area contributed by atoms with E-state index in [2.05, 4.69) is 19.6 Å². The standard InChI is InChI=1S/C12H24O2Si/c1-5-12(14-15(2,3)4)13-11-9-7-6-8-10-11/h5,11H,6-10H2,1-4H3/b12-5+. The van der Waals surface area contributed by atoms with Gasteiger partial charge in [0.2, 0.25) is 8.32 Å². The molecule has 0 aromatic rings. The van der Waals surface area contributed by atoms with E-state index < -0.39 is 8.32 Å². The number of rotatable bonds is 4. The molecule has 3 heteroatoms. The van der Waals surface area contributed by atoms with E-state index in [1.54, 1.807) is 0 Å². The lowest BCUT2D eigenvalue weighted by Crippen LogP contribution is -2.27. The molecule has 0 aromatic heterocycles. The van der Waals surface area contributed by atoms with Crippen LogP contribution in [0.25, 0.3) is 0 Å². The first-order valence-electron chi connectivity index (χ1n) is 6.03. The Labute approximate surface area is 94.8 Å². The fraction of sp³-hybridized carbons (Fsp3) is 0.833. The molecule has 1 aliphatic carbocycles. The van der Waals surface area contributed by atoms with Gasteiger partial charge >= 0.3 is 0 Å². The van der Waals surface area contributed by atoms with Crippen LogP contribution < -0.4 is 0 Å². The molecular weight excluding hydrogens is 204 g/mol. The predicted molar refractivity (Wildman–Crippen MR) is 66.1 cm³/mol. The largest absolute Gasteiger partial charge is 0.520 e. The Balaban J connectivity index is 2.39. The van der Waals surface area contributed by atoms with Crippen molar-refractivity contribution in [1.82, 2.24) is 0 Å². The minimum absolute atomic E-state index is 0.390. The van der Waals surface area contributed by atoms with Gasteiger partial charge in [-0.2, -0.15) is 0 Å². The lowest BCUT2D eigenvalue weighted by molar-refractivity contribution is 0.0188. The zero-order valence-corrected chi connectivity index (χ0v) is 11.5. The van der Waals surface area contributed by atoms with E-state index in [4.69, 9.17) is 9.16 Å². The molecule has 0 aromatic carbocycles. The van der Waals surface area contributed by atoms with Crippen LogP contribution in [0.4, 0.5) is 0 Å². The van der Waals surface area contributed by atoms with Gasteiger partial charge < -0.3 is 9.16 Å². The van der Waals surface area contributed by atoms with E-state index in [1.807, 2.05) is 13.0 Å². The molecule has 0 amide bonds. The third-order valence-electron chi connectivity index (χ3n) is 2.48. The molecule has 1 rings (SSSR count). The summed E-state index contributed by atoms with van der Waals surface area (Å²) in [5.41, 5.74) is 0. The van der Waals surface area contributed by atoms with E-state index in [9.17, 15) is 0 Å². The second-order valence-corrected chi connectivity index (χ2v) is 9.63. The van der Waals surface area contributed by atoms with Crippen LogP contribution in [-0.4, -0.2) is 14.4 Å². The van der Waals surface area contributed by atoms with Crippen molar-refractivity contribution in [3.63, 3.8) is 0 Å². The van der Waals surface area contributed by atoms with E-state index in [-0.39, 0.29) is 0 Å². The molecule has 0 atom stereocenters. The summed E-state index contributed by atoms with van der Waals surface area (Å²) in [5.74, 6) is 0.751. The topological polar surface area (TPSA) is 18.5 Å². The smallest absolute Gasteiger partial charge is 0.261 e. The molecule has 0 heterocycles. The Bertz CT molecular complexity index is 212. The van der Waals surface area contributed by atoms with Crippen LogP contribution >= 0.6 is 0 Å². The first kappa shape index (κ1) is 12.6. The summed E-state index contributed by atoms with van der Waals surface area (Å²) in [6, 6.07) is 0. The van der Waals surface area contributed by atoms with Crippen molar-refractivity contribution in [1.29, 1.82) is 0 Å². The molecule has 15 heavy (non-hydrogen) atoms. The highest BCUT2D eigenvalue weighted by molar-refractivity contribution is 6.69. The normalized spacial score (nSPS) is 20.1. The Kier molecular flexibility index (Phi) is 4.70. The van der Waals surface area contributed by atoms with Crippen LogP contribution in [0.2, 0.25) is 19.6 Å². The molecule has 0 unspecified atom stereocenters. The lowest BCUT2D eigenvalue weighted by Gasteiger charge is -2.27. The number of hydrogen-bond acceptors (Lipinski definition) is 2. The van der Waals surface area contributed by atoms with Gasteiger partial charge in [-0.05, 0) is 58.3 Å². The van der Waals surface area contributed by atoms with E-state index in [0.717, 1.165) is 5.95 Å². The molecule has 0 saturated heterocycles. The SMILES string of the molecule is C/C=C(\OC1CCCCC1)O[Si](C)(C)C. The number of ether oxygens (including phenoxy) is 1. The highest BCUT2D eigenvalue weighted by Crippen LogP contribution is 2.24. The molecular formula is C12H24O2Si. The second kappa shape index (κ2) is 5.59. The summed E-state index contributed by atoms with van der Waals surface area (Å²) in [6.07, 6.45) is 8.68. The maximum Gasteiger partial charge on any atom is 0.261 e. The van der Waals surface area contributed by atoms with Gasteiger partial charge in [0, 0.05) is 0 Å². The Morgan fingerprint density at radius 2 is 1.73 bits per heavy atom. The fourth-order valence-electron chi connectivity index (χ4n) is 1.80. The molecule has 1 aliphatic rings. The Morgan fingerprint density at radius 1 is 1.13 bits per heavy atom. The van der Waals surface area contributed by atoms with Crippen molar-refractivity contribution in [2.45, 2.75) is 64.8 Å². The molecule has 2 nitrogen and oxygen atoms in total. The van der Waals surface area contributed by atoms with E-state index >= 15 is 0 Å². The van der Waals surface area contributed by atoms with Gasteiger partial charge in [-0.3, -0.25) is 0 Å². The Hall–Kier alpha value is -0.443. The van der Waals surface area contributed by atoms with Crippen molar-refractivity contribution in [3.8, 4) is 0 Å². The molecule has 1 fully saturated rings. The fourth-order valence-corrected chi connectivity index (χ4v) is 2.57. The summed E-state index contributed by atoms with van der Waals surface area (Å²) in [6.45, 7) is 8.53. The van der Waals surface area contributed by atoms with Crippen LogP contribution in [0, 0.1) is 0 Å². The van der Waals surface area contributed by atoms with Crippen LogP contribution in [-0.2, 0) is 9.16 Å². The minimum atomic E-state index is -1.52. The van der Waals surface area contributed by atoms with Crippen molar-refractivity contribution in [2.75, 3.05) is 0 Å². The van der Waals surface area contributed by atoms with Gasteiger partial charge in [-0.15, -0.1) is 0 Å². The van der Waals surface area contributed by atoms with Crippen molar-refractivity contribution in [3.05, 3.63) is 12.0 Å². The van der Waals surface area contributed by atoms with Gasteiger partial charge in [0.05, 0.1) is 0 Å². The summed E-state index contributed by atoms with van der Waals surface area (Å²) in [5, 5.41) is 0. The average molecular weight is 228 g/mol. The van der Waals surface area contributed by atoms with Crippen molar-refractivity contribution >= 4 is 8.32 Å². The van der Waals surface area contributed by atoms with Crippen LogP contribution in [0.3, 0.4) is 0 Å². The second-order valence-electron chi connectivity index (χ2n) is 5.20. The van der Waals surface area contributed by atoms with Gasteiger partial charge in [-0.25, -0.2) is 0 Å². The third kappa shape index (κ3) is 5.26. The van der Waals surface area contributed by atoms with Crippen LogP contribution in [0.15, 0.2) is 12.0 Å². The zero-order chi connectivity index (χ0) is 11.3. The van der Waals surface area contributed by atoms with Crippen molar-refractivity contribution < 1.29 is 9.16 Å². The highest BCUT2D eigenvalue weighted by atomic mass is 28.4. The van der Waals surface area contributed by atoms with E-state index in [0.29, 0.717) is 6.10 Å². The van der Waals surface area contributed by atoms with Gasteiger partial charge in [0.25, 0.3) is 5.95 Å². The molecule has 0 N–H and O–H groups in total. The first-order valence-corrected chi connectivity index (χ1v) is 9.44. The third-order valence-corrected chi connectivity index (χ3v) is 3.29. The maximum absolute atomic E-state index is 5.89. The maximum atomic E-state index is 5.89. The summed E-state index contributed by atoms with van der Waals surface area (Å²) in [7, 11) is -1.52. The van der Waals surface area contributed by atoms with Crippen LogP contribution in [0.5, 0.6) is 0 Å². The van der Waals surface area contributed by atoms with Gasteiger partial charge in [0.15, 0.2) is 0 Å². The molecule has 0 aliphatic heterocycles. The van der Waals surface area contributed by atoms with Gasteiger partial charge in [0.1, 0.15) is 6.10 Å². The average Bonchev–Trinajstić information content (AvgIpc) is 2.16. The minimum Gasteiger partial charge on any atom is -0.520 e. The van der Waals surface area contributed by atoms with E-state index in [1.165, 1.54) is 32.1 Å². The Morgan fingerprint density at radius 3 is 2.20 bits per heavy atom. The summed E-state index contributed by atoms with van der Waals surface area (Å²) < 4.78 is 11.8. The quantitative estimate of drug-likeness (QED) is 0.534. The number of allylic oxidation sites excluding steroid dienone is 1. The molecule has 88 valence electrons. The molecule has 0 spiro atoms. The molecule has 0 radical (unpaired) electrons. The molecule has 0 bridgehead atoms. The zero-order valence-electron chi connectivity index (χ0n) is 10.5. The lowest BCUT2D eigenvalue weighted by atomic mass is 9.98. The first-order chi connectivity index (χ1) is 7.01. The number of hydrogen-bond donors (Lipinski definition) is 0. The predicted octanol–water partition coefficient (Wildman–Crippen LogP) is 4.05. The van der Waals surface area contributed by atoms with Gasteiger partial charge in [-0.1, -0.05) is 6.42 Å². The van der Waals surface area contributed by atoms with Crippen molar-refractivity contribution in [2.24, 2.45) is 0 Å². The monoisotopic (exact) mass is 228 g/mol. The summed E-state index contributed by atoms with van der Waals surface area (Å²) in [4.78, 5) is 0.